The number of thioether (sulfide) groups is 1. The third kappa shape index (κ3) is 6.95. The molecular formula is C27H27FN4O4S. The monoisotopic (exact) mass is 522 g/mol. The topological polar surface area (TPSA) is 127 Å². The summed E-state index contributed by atoms with van der Waals surface area (Å²) in [5, 5.41) is 28.8. The number of carboxylic acid groups (broad SMARTS) is 1. The highest BCUT2D eigenvalue weighted by atomic mass is 32.2. The second-order valence-corrected chi connectivity index (χ2v) is 9.51. The maximum atomic E-state index is 14.6. The standard InChI is InChI=1S/C27H27FN4O4S/c1-16(2)25(29)37-26(30)17-8-10-19(11-9-17)36-24-13-20(27(34)35)21(28)12-18(24)14-32(3)23-7-5-4-6-22(23)31-15-33/h4-13,15-16,29-30H,14H2,1-3H3,(H,31,33)(H,34,35). The highest BCUT2D eigenvalue weighted by molar-refractivity contribution is 8.26. The predicted molar refractivity (Wildman–Crippen MR) is 145 cm³/mol. The number of halogens is 1. The van der Waals surface area contributed by atoms with E-state index in [1.165, 1.54) is 0 Å². The molecule has 0 fully saturated rings. The first-order valence-corrected chi connectivity index (χ1v) is 12.1. The maximum absolute atomic E-state index is 14.6. The lowest BCUT2D eigenvalue weighted by molar-refractivity contribution is -0.105. The Morgan fingerprint density at radius 2 is 1.84 bits per heavy atom. The summed E-state index contributed by atoms with van der Waals surface area (Å²) in [5.41, 5.74) is 1.71. The van der Waals surface area contributed by atoms with Crippen molar-refractivity contribution in [1.82, 2.24) is 0 Å². The van der Waals surface area contributed by atoms with E-state index < -0.39 is 17.3 Å². The Hall–Kier alpha value is -4.18. The van der Waals surface area contributed by atoms with E-state index in [0.29, 0.717) is 39.7 Å². The number of carbonyl (C=O) groups is 2. The van der Waals surface area contributed by atoms with Gasteiger partial charge in [-0.2, -0.15) is 0 Å². The van der Waals surface area contributed by atoms with E-state index in [1.807, 2.05) is 13.8 Å². The van der Waals surface area contributed by atoms with E-state index in [4.69, 9.17) is 15.6 Å². The van der Waals surface area contributed by atoms with Crippen molar-refractivity contribution in [2.75, 3.05) is 17.3 Å². The van der Waals surface area contributed by atoms with E-state index in [9.17, 15) is 19.1 Å². The fourth-order valence-corrected chi connectivity index (χ4v) is 4.11. The number of hydrogen-bond donors (Lipinski definition) is 4. The van der Waals surface area contributed by atoms with Crippen LogP contribution in [0.5, 0.6) is 11.5 Å². The van der Waals surface area contributed by atoms with Crippen molar-refractivity contribution in [2.24, 2.45) is 5.92 Å². The summed E-state index contributed by atoms with van der Waals surface area (Å²) < 4.78 is 20.6. The molecule has 8 nitrogen and oxygen atoms in total. The highest BCUT2D eigenvalue weighted by Crippen LogP contribution is 2.32. The molecule has 37 heavy (non-hydrogen) atoms. The molecule has 0 saturated heterocycles. The molecule has 3 aromatic rings. The molecule has 0 aliphatic heterocycles. The molecule has 0 unspecified atom stereocenters. The molecule has 0 saturated carbocycles. The van der Waals surface area contributed by atoms with Crippen LogP contribution in [-0.2, 0) is 11.3 Å². The molecule has 0 atom stereocenters. The molecule has 0 heterocycles. The first kappa shape index (κ1) is 27.4. The fraction of sp³-hybridized carbons (Fsp3) is 0.185. The predicted octanol–water partition coefficient (Wildman–Crippen LogP) is 6.21. The van der Waals surface area contributed by atoms with E-state index in [1.54, 1.807) is 60.5 Å². The summed E-state index contributed by atoms with van der Waals surface area (Å²) in [6, 6.07) is 16.0. The molecule has 0 aliphatic rings. The Morgan fingerprint density at radius 1 is 1.16 bits per heavy atom. The van der Waals surface area contributed by atoms with E-state index in [2.05, 4.69) is 5.32 Å². The van der Waals surface area contributed by atoms with Gasteiger partial charge in [0.15, 0.2) is 0 Å². The number of anilines is 2. The van der Waals surface area contributed by atoms with E-state index in [0.717, 1.165) is 23.9 Å². The first-order valence-electron chi connectivity index (χ1n) is 11.3. The molecule has 1 amide bonds. The first-order chi connectivity index (χ1) is 17.6. The lowest BCUT2D eigenvalue weighted by Crippen LogP contribution is -2.19. The molecule has 0 radical (unpaired) electrons. The summed E-state index contributed by atoms with van der Waals surface area (Å²) in [7, 11) is 1.75. The largest absolute Gasteiger partial charge is 0.478 e. The van der Waals surface area contributed by atoms with Gasteiger partial charge in [0, 0.05) is 30.6 Å². The number of rotatable bonds is 10. The lowest BCUT2D eigenvalue weighted by Gasteiger charge is -2.23. The SMILES string of the molecule is CC(C)C(=N)SC(=N)c1ccc(Oc2cc(C(=O)O)c(F)cc2CN(C)c2ccccc2NC=O)cc1. The summed E-state index contributed by atoms with van der Waals surface area (Å²) in [6.45, 7) is 3.93. The zero-order valence-electron chi connectivity index (χ0n) is 20.5. The molecule has 4 N–H and O–H groups in total. The molecule has 3 rings (SSSR count). The Labute approximate surface area is 218 Å². The van der Waals surface area contributed by atoms with Crippen LogP contribution in [0.3, 0.4) is 0 Å². The van der Waals surface area contributed by atoms with Gasteiger partial charge in [-0.05, 0) is 48.5 Å². The van der Waals surface area contributed by atoms with Gasteiger partial charge in [0.2, 0.25) is 6.41 Å². The molecule has 10 heteroatoms. The van der Waals surface area contributed by atoms with Gasteiger partial charge in [-0.25, -0.2) is 9.18 Å². The number of amides is 1. The second kappa shape index (κ2) is 12.2. The average Bonchev–Trinajstić information content (AvgIpc) is 2.86. The minimum absolute atomic E-state index is 0.0209. The zero-order valence-corrected chi connectivity index (χ0v) is 21.4. The Kier molecular flexibility index (Phi) is 9.02. The number of carboxylic acids is 1. The van der Waals surface area contributed by atoms with Crippen molar-refractivity contribution < 1.29 is 23.8 Å². The van der Waals surface area contributed by atoms with Crippen molar-refractivity contribution in [3.05, 3.63) is 83.2 Å². The highest BCUT2D eigenvalue weighted by Gasteiger charge is 2.19. The number of benzene rings is 3. The quantitative estimate of drug-likeness (QED) is 0.142. The molecule has 0 bridgehead atoms. The molecule has 0 aromatic heterocycles. The number of para-hydroxylation sites is 2. The van der Waals surface area contributed by atoms with Crippen LogP contribution < -0.4 is 15.0 Å². The summed E-state index contributed by atoms with van der Waals surface area (Å²) in [6.07, 6.45) is 0.566. The Morgan fingerprint density at radius 3 is 2.46 bits per heavy atom. The van der Waals surface area contributed by atoms with E-state index in [-0.39, 0.29) is 23.3 Å². The van der Waals surface area contributed by atoms with Crippen LogP contribution in [0.15, 0.2) is 60.7 Å². The van der Waals surface area contributed by atoms with Gasteiger partial charge in [0.25, 0.3) is 0 Å². The van der Waals surface area contributed by atoms with Crippen LogP contribution in [0.4, 0.5) is 15.8 Å². The minimum atomic E-state index is -1.42. The van der Waals surface area contributed by atoms with Crippen molar-refractivity contribution in [3.8, 4) is 11.5 Å². The maximum Gasteiger partial charge on any atom is 0.338 e. The van der Waals surface area contributed by atoms with Crippen LogP contribution in [0.1, 0.15) is 35.3 Å². The number of carbonyl (C=O) groups excluding carboxylic acids is 1. The number of ether oxygens (including phenoxy) is 1. The van der Waals surface area contributed by atoms with Crippen molar-refractivity contribution in [1.29, 1.82) is 10.8 Å². The molecular weight excluding hydrogens is 495 g/mol. The van der Waals surface area contributed by atoms with Crippen LogP contribution in [0.25, 0.3) is 0 Å². The van der Waals surface area contributed by atoms with Gasteiger partial charge in [-0.1, -0.05) is 37.7 Å². The van der Waals surface area contributed by atoms with Gasteiger partial charge >= 0.3 is 5.97 Å². The molecule has 0 aliphatic carbocycles. The molecule has 192 valence electrons. The van der Waals surface area contributed by atoms with E-state index >= 15 is 0 Å². The van der Waals surface area contributed by atoms with Crippen LogP contribution in [-0.4, -0.2) is 34.6 Å². The van der Waals surface area contributed by atoms with Crippen molar-refractivity contribution in [3.63, 3.8) is 0 Å². The van der Waals surface area contributed by atoms with Crippen LogP contribution >= 0.6 is 11.8 Å². The third-order valence-corrected chi connectivity index (χ3v) is 6.53. The Bertz CT molecular complexity index is 1330. The van der Waals surface area contributed by atoms with Gasteiger partial charge in [0.05, 0.1) is 22.0 Å². The summed E-state index contributed by atoms with van der Waals surface area (Å²) in [5.74, 6) is -1.76. The Balaban J connectivity index is 1.89. The van der Waals surface area contributed by atoms with Crippen LogP contribution in [0.2, 0.25) is 0 Å². The fourth-order valence-electron chi connectivity index (χ4n) is 3.40. The number of nitrogens with one attached hydrogen (secondary N) is 3. The third-order valence-electron chi connectivity index (χ3n) is 5.40. The van der Waals surface area contributed by atoms with Crippen molar-refractivity contribution >= 4 is 45.6 Å². The normalized spacial score (nSPS) is 10.6. The number of aromatic carboxylic acids is 1. The van der Waals surface area contributed by atoms with Gasteiger partial charge in [-0.3, -0.25) is 15.6 Å². The van der Waals surface area contributed by atoms with Crippen LogP contribution in [0, 0.1) is 22.6 Å². The van der Waals surface area contributed by atoms with Gasteiger partial charge in [-0.15, -0.1) is 0 Å². The van der Waals surface area contributed by atoms with Gasteiger partial charge < -0.3 is 20.1 Å². The number of hydrogen-bond acceptors (Lipinski definition) is 7. The van der Waals surface area contributed by atoms with Crippen molar-refractivity contribution in [2.45, 2.75) is 20.4 Å². The second-order valence-electron chi connectivity index (χ2n) is 8.46. The minimum Gasteiger partial charge on any atom is -0.478 e. The lowest BCUT2D eigenvalue weighted by atomic mass is 10.1. The summed E-state index contributed by atoms with van der Waals surface area (Å²) >= 11 is 1.08. The number of nitrogens with zero attached hydrogens (tertiary/aromatic N) is 1. The molecule has 3 aromatic carbocycles. The zero-order chi connectivity index (χ0) is 27.1. The van der Waals surface area contributed by atoms with Gasteiger partial charge in [0.1, 0.15) is 22.4 Å². The molecule has 0 spiro atoms. The smallest absolute Gasteiger partial charge is 0.338 e. The summed E-state index contributed by atoms with van der Waals surface area (Å²) in [4.78, 5) is 24.3. The average molecular weight is 523 g/mol.